The molecular formula is C33H23ClFN7O. The summed E-state index contributed by atoms with van der Waals surface area (Å²) in [5.41, 5.74) is 5.82. The molecule has 6 aromatic rings. The molecule has 1 amide bonds. The number of hydrogen-bond donors (Lipinski definition) is 2. The molecule has 0 saturated heterocycles. The SMILES string of the molecule is N#C/C(=C\c1cn(Cc2ccc(F)cc2)c2cc(Cl)ccc12)c1cccc(C(=O)NCc2ccc(-c3nn[nH]n3)cc2)c1. The van der Waals surface area contributed by atoms with Crippen LogP contribution in [0.4, 0.5) is 4.39 Å². The Bertz CT molecular complexity index is 1990. The number of tetrazole rings is 1. The number of benzene rings is 4. The third-order valence-electron chi connectivity index (χ3n) is 7.01. The van der Waals surface area contributed by atoms with Crippen LogP contribution in [0.25, 0.3) is 33.9 Å². The van der Waals surface area contributed by atoms with Crippen LogP contribution >= 0.6 is 11.6 Å². The van der Waals surface area contributed by atoms with E-state index in [0.717, 1.165) is 33.2 Å². The molecule has 0 unspecified atom stereocenters. The van der Waals surface area contributed by atoms with E-state index in [1.165, 1.54) is 12.1 Å². The summed E-state index contributed by atoms with van der Waals surface area (Å²) in [4.78, 5) is 13.0. The first-order chi connectivity index (χ1) is 21.0. The molecule has 0 radical (unpaired) electrons. The van der Waals surface area contributed by atoms with Gasteiger partial charge >= 0.3 is 0 Å². The third-order valence-corrected chi connectivity index (χ3v) is 7.24. The topological polar surface area (TPSA) is 112 Å². The summed E-state index contributed by atoms with van der Waals surface area (Å²) in [5, 5.41) is 28.4. The largest absolute Gasteiger partial charge is 0.348 e. The van der Waals surface area contributed by atoms with Crippen LogP contribution in [0, 0.1) is 17.1 Å². The monoisotopic (exact) mass is 587 g/mol. The van der Waals surface area contributed by atoms with Gasteiger partial charge in [0, 0.05) is 46.4 Å². The smallest absolute Gasteiger partial charge is 0.251 e. The maximum absolute atomic E-state index is 13.4. The highest BCUT2D eigenvalue weighted by Gasteiger charge is 2.13. The van der Waals surface area contributed by atoms with Gasteiger partial charge in [-0.2, -0.15) is 10.5 Å². The number of nitrogens with one attached hydrogen (secondary N) is 2. The summed E-state index contributed by atoms with van der Waals surface area (Å²) >= 11 is 6.32. The van der Waals surface area contributed by atoms with E-state index < -0.39 is 0 Å². The van der Waals surface area contributed by atoms with Crippen molar-refractivity contribution in [3.05, 3.63) is 136 Å². The van der Waals surface area contributed by atoms with Crippen molar-refractivity contribution in [2.75, 3.05) is 0 Å². The molecule has 0 atom stereocenters. The van der Waals surface area contributed by atoms with Crippen LogP contribution in [-0.2, 0) is 13.1 Å². The fraction of sp³-hybridized carbons (Fsp3) is 0.0606. The van der Waals surface area contributed by atoms with Gasteiger partial charge in [0.25, 0.3) is 5.91 Å². The van der Waals surface area contributed by atoms with Gasteiger partial charge < -0.3 is 9.88 Å². The number of H-pyrrole nitrogens is 1. The van der Waals surface area contributed by atoms with Crippen LogP contribution in [0.1, 0.15) is 32.6 Å². The number of amides is 1. The molecule has 0 aliphatic carbocycles. The molecule has 0 aliphatic rings. The molecule has 43 heavy (non-hydrogen) atoms. The highest BCUT2D eigenvalue weighted by molar-refractivity contribution is 6.31. The number of halogens is 2. The fourth-order valence-electron chi connectivity index (χ4n) is 4.83. The molecule has 2 aromatic heterocycles. The van der Waals surface area contributed by atoms with Crippen LogP contribution < -0.4 is 5.32 Å². The summed E-state index contributed by atoms with van der Waals surface area (Å²) < 4.78 is 15.5. The van der Waals surface area contributed by atoms with Crippen molar-refractivity contribution in [3.63, 3.8) is 0 Å². The average molecular weight is 588 g/mol. The highest BCUT2D eigenvalue weighted by Crippen LogP contribution is 2.29. The van der Waals surface area contributed by atoms with E-state index in [-0.39, 0.29) is 11.7 Å². The summed E-state index contributed by atoms with van der Waals surface area (Å²) in [6.45, 7) is 0.828. The van der Waals surface area contributed by atoms with Crippen molar-refractivity contribution >= 4 is 40.1 Å². The summed E-state index contributed by atoms with van der Waals surface area (Å²) in [6, 6.07) is 28.7. The number of aromatic nitrogens is 5. The number of aromatic amines is 1. The number of nitriles is 1. The van der Waals surface area contributed by atoms with Crippen LogP contribution in [-0.4, -0.2) is 31.1 Å². The Kier molecular flexibility index (Phi) is 7.76. The summed E-state index contributed by atoms with van der Waals surface area (Å²) in [5.74, 6) is -0.0557. The molecule has 2 N–H and O–H groups in total. The zero-order valence-corrected chi connectivity index (χ0v) is 23.4. The van der Waals surface area contributed by atoms with Gasteiger partial charge in [0.2, 0.25) is 5.82 Å². The summed E-state index contributed by atoms with van der Waals surface area (Å²) in [6.07, 6.45) is 3.75. The minimum Gasteiger partial charge on any atom is -0.348 e. The van der Waals surface area contributed by atoms with Gasteiger partial charge in [-0.05, 0) is 64.4 Å². The molecule has 210 valence electrons. The maximum atomic E-state index is 13.4. The minimum absolute atomic E-state index is 0.257. The number of rotatable bonds is 8. The first-order valence-corrected chi connectivity index (χ1v) is 13.7. The van der Waals surface area contributed by atoms with E-state index in [1.807, 2.05) is 47.2 Å². The molecular weight excluding hydrogens is 565 g/mol. The molecule has 0 fully saturated rings. The van der Waals surface area contributed by atoms with Crippen molar-refractivity contribution in [3.8, 4) is 17.5 Å². The second kappa shape index (κ2) is 12.1. The Hall–Kier alpha value is -5.59. The molecule has 6 rings (SSSR count). The molecule has 2 heterocycles. The second-order valence-electron chi connectivity index (χ2n) is 9.87. The fourth-order valence-corrected chi connectivity index (χ4v) is 5.00. The van der Waals surface area contributed by atoms with Crippen molar-refractivity contribution in [1.82, 2.24) is 30.5 Å². The van der Waals surface area contributed by atoms with Crippen molar-refractivity contribution in [2.24, 2.45) is 0 Å². The van der Waals surface area contributed by atoms with E-state index in [2.05, 4.69) is 32.0 Å². The molecule has 8 nitrogen and oxygen atoms in total. The second-order valence-corrected chi connectivity index (χ2v) is 10.3. The van der Waals surface area contributed by atoms with Crippen molar-refractivity contribution < 1.29 is 9.18 Å². The molecule has 10 heteroatoms. The van der Waals surface area contributed by atoms with Gasteiger partial charge in [-0.25, -0.2) is 4.39 Å². The van der Waals surface area contributed by atoms with Gasteiger partial charge in [-0.1, -0.05) is 66.2 Å². The lowest BCUT2D eigenvalue weighted by molar-refractivity contribution is 0.0951. The molecule has 4 aromatic carbocycles. The molecule has 0 spiro atoms. The van der Waals surface area contributed by atoms with Gasteiger partial charge in [0.05, 0.1) is 17.2 Å². The van der Waals surface area contributed by atoms with Gasteiger partial charge in [0.15, 0.2) is 0 Å². The number of carbonyl (C=O) groups is 1. The molecule has 0 aliphatic heterocycles. The number of nitrogens with zero attached hydrogens (tertiary/aromatic N) is 5. The Morgan fingerprint density at radius 2 is 1.77 bits per heavy atom. The predicted octanol–water partition coefficient (Wildman–Crippen LogP) is 6.66. The van der Waals surface area contributed by atoms with E-state index in [1.54, 1.807) is 48.5 Å². The first kappa shape index (κ1) is 27.6. The van der Waals surface area contributed by atoms with Crippen LogP contribution in [0.15, 0.2) is 97.2 Å². The van der Waals surface area contributed by atoms with Gasteiger partial charge in [0.1, 0.15) is 5.82 Å². The predicted molar refractivity (Wildman–Crippen MR) is 163 cm³/mol. The van der Waals surface area contributed by atoms with E-state index in [4.69, 9.17) is 11.6 Å². The molecule has 0 saturated carbocycles. The average Bonchev–Trinajstić information content (AvgIpc) is 3.69. The van der Waals surface area contributed by atoms with Crippen molar-refractivity contribution in [1.29, 1.82) is 5.26 Å². The van der Waals surface area contributed by atoms with Gasteiger partial charge in [-0.3, -0.25) is 4.79 Å². The standard InChI is InChI=1S/C33H23ClFN7O/c34-28-10-13-30-27(20-42(31(30)16-28)19-22-6-11-29(35)12-7-22)15-26(17-36)24-2-1-3-25(14-24)33(43)37-18-21-4-8-23(9-5-21)32-38-40-41-39-32/h1-16,20H,18-19H2,(H,37,43)(H,38,39,40,41)/b26-15+. The minimum atomic E-state index is -0.294. The zero-order valence-electron chi connectivity index (χ0n) is 22.6. The Morgan fingerprint density at radius 1 is 1.00 bits per heavy atom. The van der Waals surface area contributed by atoms with E-state index in [9.17, 15) is 14.4 Å². The van der Waals surface area contributed by atoms with Crippen LogP contribution in [0.3, 0.4) is 0 Å². The van der Waals surface area contributed by atoms with Crippen molar-refractivity contribution in [2.45, 2.75) is 13.1 Å². The lowest BCUT2D eigenvalue weighted by Gasteiger charge is -2.08. The van der Waals surface area contributed by atoms with Gasteiger partial charge in [-0.15, -0.1) is 10.2 Å². The lowest BCUT2D eigenvalue weighted by atomic mass is 10.0. The maximum Gasteiger partial charge on any atom is 0.251 e. The van der Waals surface area contributed by atoms with Crippen LogP contribution in [0.2, 0.25) is 5.02 Å². The summed E-state index contributed by atoms with van der Waals surface area (Å²) in [7, 11) is 0. The molecule has 0 bridgehead atoms. The van der Waals surface area contributed by atoms with Crippen LogP contribution in [0.5, 0.6) is 0 Å². The number of carbonyl (C=O) groups excluding carboxylic acids is 1. The normalized spacial score (nSPS) is 11.4. The lowest BCUT2D eigenvalue weighted by Crippen LogP contribution is -2.22. The van der Waals surface area contributed by atoms with E-state index >= 15 is 0 Å². The quantitative estimate of drug-likeness (QED) is 0.193. The number of hydrogen-bond acceptors (Lipinski definition) is 5. The Balaban J connectivity index is 1.23. The Morgan fingerprint density at radius 3 is 2.51 bits per heavy atom. The van der Waals surface area contributed by atoms with E-state index in [0.29, 0.717) is 40.6 Å². The number of fused-ring (bicyclic) bond motifs is 1. The third kappa shape index (κ3) is 6.20. The Labute approximate surface area is 251 Å². The zero-order chi connectivity index (χ0) is 29.8. The first-order valence-electron chi connectivity index (χ1n) is 13.3. The number of allylic oxidation sites excluding steroid dienone is 1. The highest BCUT2D eigenvalue weighted by atomic mass is 35.5.